The van der Waals surface area contributed by atoms with E-state index in [0.29, 0.717) is 13.2 Å². The van der Waals surface area contributed by atoms with Gasteiger partial charge in [0.15, 0.2) is 0 Å². The van der Waals surface area contributed by atoms with Gasteiger partial charge < -0.3 is 20.1 Å². The molecule has 2 saturated heterocycles. The van der Waals surface area contributed by atoms with Gasteiger partial charge in [0.05, 0.1) is 12.7 Å². The average Bonchev–Trinajstić information content (AvgIpc) is 2.15. The van der Waals surface area contributed by atoms with Crippen molar-refractivity contribution in [3.63, 3.8) is 0 Å². The van der Waals surface area contributed by atoms with Crippen LogP contribution in [0, 0.1) is 0 Å². The van der Waals surface area contributed by atoms with E-state index in [1.54, 1.807) is 0 Å². The van der Waals surface area contributed by atoms with Crippen molar-refractivity contribution in [3.8, 4) is 0 Å². The summed E-state index contributed by atoms with van der Waals surface area (Å²) >= 11 is 0. The fourth-order valence-electron chi connectivity index (χ4n) is 1.96. The second-order valence-electron chi connectivity index (χ2n) is 3.66. The molecule has 5 heteroatoms. The summed E-state index contributed by atoms with van der Waals surface area (Å²) < 4.78 is 5.32. The van der Waals surface area contributed by atoms with Gasteiger partial charge in [0.1, 0.15) is 18.4 Å². The zero-order chi connectivity index (χ0) is 9.42. The van der Waals surface area contributed by atoms with E-state index < -0.39 is 24.5 Å². The molecule has 0 spiro atoms. The lowest BCUT2D eigenvalue weighted by atomic mass is 9.99. The van der Waals surface area contributed by atoms with Gasteiger partial charge in [-0.15, -0.1) is 0 Å². The highest BCUT2D eigenvalue weighted by Gasteiger charge is 2.42. The zero-order valence-corrected chi connectivity index (χ0v) is 7.33. The molecule has 0 aromatic heterocycles. The first-order valence-electron chi connectivity index (χ1n) is 4.60. The largest absolute Gasteiger partial charge is 0.389 e. The Labute approximate surface area is 76.5 Å². The SMILES string of the molecule is O[C@@H]1[C@@H](O)[C@@H]2OCCCN2C[C@H]1O. The van der Waals surface area contributed by atoms with E-state index in [2.05, 4.69) is 0 Å². The minimum atomic E-state index is -1.08. The Morgan fingerprint density at radius 3 is 2.69 bits per heavy atom. The Morgan fingerprint density at radius 1 is 1.15 bits per heavy atom. The Morgan fingerprint density at radius 2 is 1.92 bits per heavy atom. The van der Waals surface area contributed by atoms with E-state index >= 15 is 0 Å². The van der Waals surface area contributed by atoms with Crippen LogP contribution < -0.4 is 0 Å². The van der Waals surface area contributed by atoms with Crippen LogP contribution in [0.3, 0.4) is 0 Å². The molecular weight excluding hydrogens is 174 g/mol. The topological polar surface area (TPSA) is 73.2 Å². The molecule has 5 nitrogen and oxygen atoms in total. The standard InChI is InChI=1S/C8H15NO4/c10-5-4-9-2-1-3-13-8(9)7(12)6(5)11/h5-8,10-12H,1-4H2/t5-,6+,7-,8+/m1/s1. The minimum absolute atomic E-state index is 0.378. The molecule has 0 aromatic carbocycles. The molecule has 0 radical (unpaired) electrons. The molecule has 76 valence electrons. The third-order valence-electron chi connectivity index (χ3n) is 2.70. The summed E-state index contributed by atoms with van der Waals surface area (Å²) in [6.07, 6.45) is -2.48. The second-order valence-corrected chi connectivity index (χ2v) is 3.66. The molecule has 0 aromatic rings. The molecule has 2 aliphatic heterocycles. The Hall–Kier alpha value is -0.200. The molecule has 0 unspecified atom stereocenters. The summed E-state index contributed by atoms with van der Waals surface area (Å²) in [6.45, 7) is 1.80. The highest BCUT2D eigenvalue weighted by Crippen LogP contribution is 2.22. The number of rotatable bonds is 0. The van der Waals surface area contributed by atoms with Crippen molar-refractivity contribution >= 4 is 0 Å². The fraction of sp³-hybridized carbons (Fsp3) is 1.00. The van der Waals surface area contributed by atoms with Crippen molar-refractivity contribution in [1.29, 1.82) is 0 Å². The van der Waals surface area contributed by atoms with Gasteiger partial charge in [0.2, 0.25) is 0 Å². The summed E-state index contributed by atoms with van der Waals surface area (Å²) in [4.78, 5) is 1.87. The number of nitrogens with zero attached hydrogens (tertiary/aromatic N) is 1. The van der Waals surface area contributed by atoms with Gasteiger partial charge >= 0.3 is 0 Å². The highest BCUT2D eigenvalue weighted by molar-refractivity contribution is 4.91. The lowest BCUT2D eigenvalue weighted by Crippen LogP contribution is -2.63. The predicted molar refractivity (Wildman–Crippen MR) is 44.0 cm³/mol. The quantitative estimate of drug-likeness (QED) is 0.416. The number of aliphatic hydroxyl groups excluding tert-OH is 3. The van der Waals surface area contributed by atoms with Crippen LogP contribution in [0.2, 0.25) is 0 Å². The molecule has 13 heavy (non-hydrogen) atoms. The summed E-state index contributed by atoms with van der Waals surface area (Å²) in [5.74, 6) is 0. The summed E-state index contributed by atoms with van der Waals surface area (Å²) in [6, 6.07) is 0. The van der Waals surface area contributed by atoms with Crippen LogP contribution in [0.5, 0.6) is 0 Å². The summed E-state index contributed by atoms with van der Waals surface area (Å²) in [5, 5.41) is 28.3. The van der Waals surface area contributed by atoms with Gasteiger partial charge in [0.25, 0.3) is 0 Å². The lowest BCUT2D eigenvalue weighted by molar-refractivity contribution is -0.228. The van der Waals surface area contributed by atoms with Gasteiger partial charge in [-0.3, -0.25) is 4.90 Å². The average molecular weight is 189 g/mol. The van der Waals surface area contributed by atoms with Gasteiger partial charge in [-0.25, -0.2) is 0 Å². The first-order chi connectivity index (χ1) is 6.20. The molecule has 0 aliphatic carbocycles. The normalized spacial score (nSPS) is 47.3. The Bertz CT molecular complexity index is 187. The number of fused-ring (bicyclic) bond motifs is 1. The molecule has 2 aliphatic rings. The van der Waals surface area contributed by atoms with E-state index in [9.17, 15) is 15.3 Å². The van der Waals surface area contributed by atoms with Gasteiger partial charge in [-0.1, -0.05) is 0 Å². The molecule has 2 rings (SSSR count). The number of hydrogen-bond acceptors (Lipinski definition) is 5. The van der Waals surface area contributed by atoms with E-state index in [1.807, 2.05) is 4.90 Å². The van der Waals surface area contributed by atoms with Crippen LogP contribution in [0.25, 0.3) is 0 Å². The highest BCUT2D eigenvalue weighted by atomic mass is 16.5. The molecule has 3 N–H and O–H groups in total. The number of aliphatic hydroxyl groups is 3. The van der Waals surface area contributed by atoms with Crippen LogP contribution in [-0.4, -0.2) is 64.5 Å². The molecule has 2 fully saturated rings. The Balaban J connectivity index is 2.08. The maximum absolute atomic E-state index is 9.57. The number of hydrogen-bond donors (Lipinski definition) is 3. The maximum Gasteiger partial charge on any atom is 0.139 e. The third kappa shape index (κ3) is 1.58. The van der Waals surface area contributed by atoms with Crippen LogP contribution in [0.4, 0.5) is 0 Å². The van der Waals surface area contributed by atoms with Crippen molar-refractivity contribution in [3.05, 3.63) is 0 Å². The maximum atomic E-state index is 9.57. The monoisotopic (exact) mass is 189 g/mol. The van der Waals surface area contributed by atoms with Crippen molar-refractivity contribution in [2.24, 2.45) is 0 Å². The zero-order valence-electron chi connectivity index (χ0n) is 7.33. The van der Waals surface area contributed by atoms with E-state index in [0.717, 1.165) is 13.0 Å². The minimum Gasteiger partial charge on any atom is -0.389 e. The molecule has 0 amide bonds. The van der Waals surface area contributed by atoms with E-state index in [-0.39, 0.29) is 0 Å². The number of ether oxygens (including phenoxy) is 1. The van der Waals surface area contributed by atoms with Gasteiger partial charge in [-0.05, 0) is 6.42 Å². The Kier molecular flexibility index (Phi) is 2.53. The first kappa shape index (κ1) is 9.36. The van der Waals surface area contributed by atoms with Crippen molar-refractivity contribution in [2.45, 2.75) is 31.0 Å². The molecular formula is C8H15NO4. The van der Waals surface area contributed by atoms with Crippen LogP contribution in [-0.2, 0) is 4.74 Å². The predicted octanol–water partition coefficient (Wildman–Crippen LogP) is -1.87. The number of piperidine rings is 1. The molecule has 2 heterocycles. The summed E-state index contributed by atoms with van der Waals surface area (Å²) in [5.41, 5.74) is 0. The van der Waals surface area contributed by atoms with Crippen LogP contribution in [0.15, 0.2) is 0 Å². The smallest absolute Gasteiger partial charge is 0.139 e. The molecule has 0 bridgehead atoms. The lowest BCUT2D eigenvalue weighted by Gasteiger charge is -2.45. The van der Waals surface area contributed by atoms with Crippen molar-refractivity contribution in [1.82, 2.24) is 4.90 Å². The van der Waals surface area contributed by atoms with Crippen LogP contribution >= 0.6 is 0 Å². The van der Waals surface area contributed by atoms with Crippen molar-refractivity contribution in [2.75, 3.05) is 19.7 Å². The van der Waals surface area contributed by atoms with Crippen molar-refractivity contribution < 1.29 is 20.1 Å². The second kappa shape index (κ2) is 3.51. The third-order valence-corrected chi connectivity index (χ3v) is 2.70. The molecule has 4 atom stereocenters. The summed E-state index contributed by atoms with van der Waals surface area (Å²) in [7, 11) is 0. The molecule has 0 saturated carbocycles. The first-order valence-corrected chi connectivity index (χ1v) is 4.60. The van der Waals surface area contributed by atoms with E-state index in [4.69, 9.17) is 4.74 Å². The fourth-order valence-corrected chi connectivity index (χ4v) is 1.96. The van der Waals surface area contributed by atoms with Gasteiger partial charge in [0, 0.05) is 13.1 Å². The van der Waals surface area contributed by atoms with Gasteiger partial charge in [-0.2, -0.15) is 0 Å². The van der Waals surface area contributed by atoms with E-state index in [1.165, 1.54) is 0 Å². The van der Waals surface area contributed by atoms with Crippen LogP contribution in [0.1, 0.15) is 6.42 Å².